The van der Waals surface area contributed by atoms with E-state index in [0.717, 1.165) is 5.75 Å². The fraction of sp³-hybridized carbons (Fsp3) is 0.455. The Morgan fingerprint density at radius 2 is 2.00 bits per heavy atom. The second kappa shape index (κ2) is 4.56. The van der Waals surface area contributed by atoms with Gasteiger partial charge in [0.25, 0.3) is 0 Å². The SMILES string of the molecule is CSCc1ccc(N(C)C)c(C)c1. The van der Waals surface area contributed by atoms with Crippen molar-refractivity contribution in [2.45, 2.75) is 12.7 Å². The van der Waals surface area contributed by atoms with Gasteiger partial charge in [0.1, 0.15) is 0 Å². The quantitative estimate of drug-likeness (QED) is 0.729. The minimum absolute atomic E-state index is 1.11. The van der Waals surface area contributed by atoms with Crippen LogP contribution in [0.1, 0.15) is 11.1 Å². The zero-order valence-corrected chi connectivity index (χ0v) is 9.61. The molecule has 0 fully saturated rings. The monoisotopic (exact) mass is 195 g/mol. The normalized spacial score (nSPS) is 10.2. The van der Waals surface area contributed by atoms with Gasteiger partial charge in [0.05, 0.1) is 0 Å². The average molecular weight is 195 g/mol. The molecule has 1 rings (SSSR count). The van der Waals surface area contributed by atoms with Crippen LogP contribution >= 0.6 is 11.8 Å². The highest BCUT2D eigenvalue weighted by atomic mass is 32.2. The number of thioether (sulfide) groups is 1. The molecule has 0 saturated heterocycles. The highest BCUT2D eigenvalue weighted by Gasteiger charge is 2.00. The Morgan fingerprint density at radius 1 is 1.31 bits per heavy atom. The molecular weight excluding hydrogens is 178 g/mol. The molecule has 0 N–H and O–H groups in total. The van der Waals surface area contributed by atoms with Gasteiger partial charge in [0.15, 0.2) is 0 Å². The number of nitrogens with zero attached hydrogens (tertiary/aromatic N) is 1. The third-order valence-electron chi connectivity index (χ3n) is 2.05. The van der Waals surface area contributed by atoms with Crippen molar-refractivity contribution in [3.8, 4) is 0 Å². The van der Waals surface area contributed by atoms with Crippen LogP contribution in [-0.4, -0.2) is 20.4 Å². The fourth-order valence-electron chi connectivity index (χ4n) is 1.48. The minimum Gasteiger partial charge on any atom is -0.377 e. The van der Waals surface area contributed by atoms with E-state index in [9.17, 15) is 0 Å². The molecule has 0 aromatic heterocycles. The van der Waals surface area contributed by atoms with Gasteiger partial charge >= 0.3 is 0 Å². The molecule has 72 valence electrons. The third-order valence-corrected chi connectivity index (χ3v) is 2.68. The van der Waals surface area contributed by atoms with E-state index in [0.29, 0.717) is 0 Å². The molecule has 0 spiro atoms. The number of aryl methyl sites for hydroxylation is 1. The standard InChI is InChI=1S/C11H17NS/c1-9-7-10(8-13-4)5-6-11(9)12(2)3/h5-7H,8H2,1-4H3. The van der Waals surface area contributed by atoms with E-state index in [1.54, 1.807) is 0 Å². The van der Waals surface area contributed by atoms with Crippen LogP contribution in [0.2, 0.25) is 0 Å². The highest BCUT2D eigenvalue weighted by Crippen LogP contribution is 2.20. The van der Waals surface area contributed by atoms with Crippen LogP contribution in [0, 0.1) is 6.92 Å². The van der Waals surface area contributed by atoms with Crippen molar-refractivity contribution >= 4 is 17.4 Å². The smallest absolute Gasteiger partial charge is 0.0390 e. The molecule has 0 aliphatic heterocycles. The van der Waals surface area contributed by atoms with E-state index < -0.39 is 0 Å². The van der Waals surface area contributed by atoms with Crippen molar-refractivity contribution in [3.05, 3.63) is 29.3 Å². The van der Waals surface area contributed by atoms with Gasteiger partial charge in [-0.05, 0) is 30.4 Å². The molecule has 2 heteroatoms. The predicted molar refractivity (Wildman–Crippen MR) is 62.7 cm³/mol. The topological polar surface area (TPSA) is 3.24 Å². The van der Waals surface area contributed by atoms with Crippen LogP contribution in [0.5, 0.6) is 0 Å². The van der Waals surface area contributed by atoms with E-state index in [2.05, 4.69) is 50.4 Å². The van der Waals surface area contributed by atoms with E-state index in [1.165, 1.54) is 16.8 Å². The molecule has 0 atom stereocenters. The summed E-state index contributed by atoms with van der Waals surface area (Å²) in [4.78, 5) is 2.15. The third kappa shape index (κ3) is 2.66. The number of anilines is 1. The van der Waals surface area contributed by atoms with Crippen molar-refractivity contribution in [2.24, 2.45) is 0 Å². The first-order valence-corrected chi connectivity index (χ1v) is 5.80. The summed E-state index contributed by atoms with van der Waals surface area (Å²) in [5.74, 6) is 1.11. The van der Waals surface area contributed by atoms with Crippen molar-refractivity contribution < 1.29 is 0 Å². The average Bonchev–Trinajstić information content (AvgIpc) is 2.04. The van der Waals surface area contributed by atoms with Crippen molar-refractivity contribution in [1.29, 1.82) is 0 Å². The molecular formula is C11H17NS. The van der Waals surface area contributed by atoms with Crippen molar-refractivity contribution in [1.82, 2.24) is 0 Å². The predicted octanol–water partition coefficient (Wildman–Crippen LogP) is 2.92. The van der Waals surface area contributed by atoms with Crippen LogP contribution in [0.25, 0.3) is 0 Å². The lowest BCUT2D eigenvalue weighted by atomic mass is 10.1. The molecule has 0 bridgehead atoms. The molecule has 0 aliphatic carbocycles. The van der Waals surface area contributed by atoms with Gasteiger partial charge in [0.2, 0.25) is 0 Å². The number of benzene rings is 1. The molecule has 1 aromatic rings. The van der Waals surface area contributed by atoms with E-state index >= 15 is 0 Å². The zero-order valence-electron chi connectivity index (χ0n) is 8.79. The van der Waals surface area contributed by atoms with Crippen LogP contribution in [0.15, 0.2) is 18.2 Å². The largest absolute Gasteiger partial charge is 0.377 e. The van der Waals surface area contributed by atoms with E-state index in [4.69, 9.17) is 0 Å². The highest BCUT2D eigenvalue weighted by molar-refractivity contribution is 7.97. The second-order valence-corrected chi connectivity index (χ2v) is 4.31. The van der Waals surface area contributed by atoms with Gasteiger partial charge in [-0.15, -0.1) is 0 Å². The molecule has 13 heavy (non-hydrogen) atoms. The first-order chi connectivity index (χ1) is 6.15. The zero-order chi connectivity index (χ0) is 9.84. The first kappa shape index (κ1) is 10.5. The maximum absolute atomic E-state index is 2.27. The van der Waals surface area contributed by atoms with Gasteiger partial charge < -0.3 is 4.90 Å². The van der Waals surface area contributed by atoms with Gasteiger partial charge in [0, 0.05) is 25.5 Å². The molecule has 0 saturated carbocycles. The summed E-state index contributed by atoms with van der Waals surface area (Å²) in [6, 6.07) is 6.67. The lowest BCUT2D eigenvalue weighted by molar-refractivity contribution is 1.11. The summed E-state index contributed by atoms with van der Waals surface area (Å²) >= 11 is 1.86. The molecule has 1 nitrogen and oxygen atoms in total. The number of hydrogen-bond acceptors (Lipinski definition) is 2. The maximum Gasteiger partial charge on any atom is 0.0390 e. The summed E-state index contributed by atoms with van der Waals surface area (Å²) in [5, 5.41) is 0. The Morgan fingerprint density at radius 3 is 2.46 bits per heavy atom. The van der Waals surface area contributed by atoms with Crippen LogP contribution in [-0.2, 0) is 5.75 Å². The van der Waals surface area contributed by atoms with Crippen molar-refractivity contribution in [2.75, 3.05) is 25.3 Å². The van der Waals surface area contributed by atoms with Crippen LogP contribution < -0.4 is 4.90 Å². The molecule has 0 aliphatic rings. The summed E-state index contributed by atoms with van der Waals surface area (Å²) in [6.45, 7) is 2.17. The first-order valence-electron chi connectivity index (χ1n) is 4.41. The lowest BCUT2D eigenvalue weighted by Crippen LogP contribution is -2.10. The van der Waals surface area contributed by atoms with Gasteiger partial charge in [-0.2, -0.15) is 11.8 Å². The Balaban J connectivity index is 2.92. The Bertz CT molecular complexity index is 281. The summed E-state index contributed by atoms with van der Waals surface area (Å²) in [6.07, 6.45) is 2.13. The van der Waals surface area contributed by atoms with Gasteiger partial charge in [-0.25, -0.2) is 0 Å². The number of rotatable bonds is 3. The molecule has 0 unspecified atom stereocenters. The van der Waals surface area contributed by atoms with Gasteiger partial charge in [-0.3, -0.25) is 0 Å². The molecule has 0 heterocycles. The van der Waals surface area contributed by atoms with Crippen LogP contribution in [0.4, 0.5) is 5.69 Å². The maximum atomic E-state index is 2.27. The van der Waals surface area contributed by atoms with Crippen molar-refractivity contribution in [3.63, 3.8) is 0 Å². The molecule has 1 aromatic carbocycles. The summed E-state index contributed by atoms with van der Waals surface area (Å²) in [5.41, 5.74) is 4.08. The Hall–Kier alpha value is -0.630. The summed E-state index contributed by atoms with van der Waals surface area (Å²) < 4.78 is 0. The number of hydrogen-bond donors (Lipinski definition) is 0. The fourth-order valence-corrected chi connectivity index (χ4v) is 1.99. The van der Waals surface area contributed by atoms with Crippen LogP contribution in [0.3, 0.4) is 0 Å². The Kier molecular flexibility index (Phi) is 3.67. The van der Waals surface area contributed by atoms with E-state index in [-0.39, 0.29) is 0 Å². The summed E-state index contributed by atoms with van der Waals surface area (Å²) in [7, 11) is 4.16. The molecule has 0 radical (unpaired) electrons. The Labute approximate surface area is 85.1 Å². The minimum atomic E-state index is 1.11. The molecule has 0 amide bonds. The van der Waals surface area contributed by atoms with Gasteiger partial charge in [-0.1, -0.05) is 12.1 Å². The van der Waals surface area contributed by atoms with E-state index in [1.807, 2.05) is 11.8 Å². The lowest BCUT2D eigenvalue weighted by Gasteiger charge is -2.16. The second-order valence-electron chi connectivity index (χ2n) is 3.45.